The quantitative estimate of drug-likeness (QED) is 0.640. The lowest BCUT2D eigenvalue weighted by molar-refractivity contribution is -0.389. The molecule has 0 amide bonds. The van der Waals surface area contributed by atoms with Crippen molar-refractivity contribution < 1.29 is 24.3 Å². The minimum absolute atomic E-state index is 0.109. The summed E-state index contributed by atoms with van der Waals surface area (Å²) >= 11 is 0. The zero-order valence-electron chi connectivity index (χ0n) is 11.8. The number of nitrogens with zero attached hydrogens (tertiary/aromatic N) is 3. The minimum atomic E-state index is -0.939. The van der Waals surface area contributed by atoms with Crippen molar-refractivity contribution in [3.8, 4) is 0 Å². The molecule has 0 bridgehead atoms. The third-order valence-corrected chi connectivity index (χ3v) is 3.03. The van der Waals surface area contributed by atoms with Crippen LogP contribution in [0, 0.1) is 10.1 Å². The summed E-state index contributed by atoms with van der Waals surface area (Å²) in [5.74, 6) is -2.07. The average molecular weight is 299 g/mol. The molecule has 1 saturated heterocycles. The van der Waals surface area contributed by atoms with E-state index in [4.69, 9.17) is 14.6 Å². The molecule has 1 fully saturated rings. The van der Waals surface area contributed by atoms with Gasteiger partial charge in [0, 0.05) is 6.42 Å². The van der Waals surface area contributed by atoms with Crippen molar-refractivity contribution >= 4 is 11.8 Å². The molecule has 9 heteroatoms. The summed E-state index contributed by atoms with van der Waals surface area (Å²) in [7, 11) is 0. The number of nitro groups is 1. The maximum atomic E-state index is 10.8. The number of rotatable bonds is 5. The largest absolute Gasteiger partial charge is 0.481 e. The molecule has 1 aliphatic heterocycles. The lowest BCUT2D eigenvalue weighted by Gasteiger charge is -2.40. The van der Waals surface area contributed by atoms with E-state index in [1.54, 1.807) is 13.8 Å². The van der Waals surface area contributed by atoms with E-state index in [0.29, 0.717) is 13.0 Å². The maximum Gasteiger partial charge on any atom is 0.389 e. The Bertz CT molecular complexity index is 541. The van der Waals surface area contributed by atoms with Crippen LogP contribution in [-0.4, -0.2) is 43.8 Å². The van der Waals surface area contributed by atoms with Crippen LogP contribution in [0.3, 0.4) is 0 Å². The smallest absolute Gasteiger partial charge is 0.389 e. The highest BCUT2D eigenvalue weighted by molar-refractivity contribution is 5.67. The van der Waals surface area contributed by atoms with Gasteiger partial charge in [-0.15, -0.1) is 0 Å². The van der Waals surface area contributed by atoms with Crippen LogP contribution in [0.4, 0.5) is 5.82 Å². The molecule has 2 heterocycles. The highest BCUT2D eigenvalue weighted by atomic mass is 16.7. The van der Waals surface area contributed by atoms with Gasteiger partial charge in [0.05, 0.1) is 42.5 Å². The van der Waals surface area contributed by atoms with Gasteiger partial charge in [-0.2, -0.15) is 4.68 Å². The number of aliphatic carboxylic acids is 1. The first-order chi connectivity index (χ1) is 9.75. The molecule has 0 spiro atoms. The van der Waals surface area contributed by atoms with Gasteiger partial charge in [-0.25, -0.2) is 0 Å². The molecule has 9 nitrogen and oxygen atoms in total. The monoisotopic (exact) mass is 299 g/mol. The zero-order valence-corrected chi connectivity index (χ0v) is 11.8. The Morgan fingerprint density at radius 3 is 2.81 bits per heavy atom. The molecule has 0 radical (unpaired) electrons. The average Bonchev–Trinajstić information content (AvgIpc) is 2.74. The summed E-state index contributed by atoms with van der Waals surface area (Å²) in [4.78, 5) is 20.8. The number of carboxylic acid groups (broad SMARTS) is 1. The van der Waals surface area contributed by atoms with Crippen molar-refractivity contribution in [1.29, 1.82) is 0 Å². The highest BCUT2D eigenvalue weighted by Crippen LogP contribution is 2.29. The summed E-state index contributed by atoms with van der Waals surface area (Å²) in [6, 6.07) is 1.30. The van der Waals surface area contributed by atoms with E-state index in [-0.39, 0.29) is 18.3 Å². The van der Waals surface area contributed by atoms with Gasteiger partial charge in [0.15, 0.2) is 5.79 Å². The normalized spacial score (nSPS) is 24.7. The summed E-state index contributed by atoms with van der Waals surface area (Å²) in [6.45, 7) is 3.72. The van der Waals surface area contributed by atoms with Crippen molar-refractivity contribution in [3.63, 3.8) is 0 Å². The summed E-state index contributed by atoms with van der Waals surface area (Å²) in [5.41, 5.74) is 0. The van der Waals surface area contributed by atoms with E-state index in [0.717, 1.165) is 0 Å². The molecular formula is C12H17N3O6. The molecule has 2 rings (SSSR count). The van der Waals surface area contributed by atoms with E-state index >= 15 is 0 Å². The van der Waals surface area contributed by atoms with Crippen LogP contribution in [0.1, 0.15) is 26.7 Å². The van der Waals surface area contributed by atoms with Gasteiger partial charge in [0.2, 0.25) is 0 Å². The van der Waals surface area contributed by atoms with Gasteiger partial charge in [-0.1, -0.05) is 0 Å². The van der Waals surface area contributed by atoms with Crippen LogP contribution in [0.2, 0.25) is 0 Å². The van der Waals surface area contributed by atoms with Crippen LogP contribution in [0.25, 0.3) is 0 Å². The Kier molecular flexibility index (Phi) is 4.24. The molecule has 0 aliphatic carbocycles. The molecule has 2 atom stereocenters. The first-order valence-corrected chi connectivity index (χ1v) is 6.50. The van der Waals surface area contributed by atoms with Crippen molar-refractivity contribution in [1.82, 2.24) is 9.78 Å². The van der Waals surface area contributed by atoms with Crippen molar-refractivity contribution in [2.24, 2.45) is 0 Å². The van der Waals surface area contributed by atoms with Crippen LogP contribution < -0.4 is 0 Å². The lowest BCUT2D eigenvalue weighted by Crippen LogP contribution is -2.46. The molecule has 0 unspecified atom stereocenters. The number of carboxylic acids is 1. The SMILES string of the molecule is CC1(C)O[C@@H](CC(=O)O)C[C@@H](Cn2ccc([N+](=O)[O-])n2)O1. The Balaban J connectivity index is 2.03. The molecule has 21 heavy (non-hydrogen) atoms. The molecular weight excluding hydrogens is 282 g/mol. The zero-order chi connectivity index (χ0) is 15.6. The van der Waals surface area contributed by atoms with Crippen LogP contribution >= 0.6 is 0 Å². The first kappa shape index (κ1) is 15.4. The molecule has 1 aromatic heterocycles. The van der Waals surface area contributed by atoms with E-state index in [1.807, 2.05) is 0 Å². The van der Waals surface area contributed by atoms with Crippen LogP contribution in [0.15, 0.2) is 12.3 Å². The van der Waals surface area contributed by atoms with E-state index in [1.165, 1.54) is 16.9 Å². The second-order valence-electron chi connectivity index (χ2n) is 5.37. The Morgan fingerprint density at radius 2 is 2.24 bits per heavy atom. The number of hydrogen-bond acceptors (Lipinski definition) is 6. The second kappa shape index (κ2) is 5.78. The summed E-state index contributed by atoms with van der Waals surface area (Å²) in [6.07, 6.45) is 1.00. The fourth-order valence-corrected chi connectivity index (χ4v) is 2.41. The van der Waals surface area contributed by atoms with Crippen molar-refractivity contribution in [3.05, 3.63) is 22.4 Å². The van der Waals surface area contributed by atoms with Gasteiger partial charge < -0.3 is 24.7 Å². The van der Waals surface area contributed by atoms with Gasteiger partial charge in [0.1, 0.15) is 0 Å². The van der Waals surface area contributed by atoms with Crippen LogP contribution in [0.5, 0.6) is 0 Å². The Hall–Kier alpha value is -2.00. The Morgan fingerprint density at radius 1 is 1.57 bits per heavy atom. The standard InChI is InChI=1S/C12H17N3O6/c1-12(2)20-8(6-11(16)17)5-9(21-12)7-14-4-3-10(13-14)15(18)19/h3-4,8-9H,5-7H2,1-2H3,(H,16,17)/t8-,9+/m1/s1. The number of carbonyl (C=O) groups is 1. The van der Waals surface area contributed by atoms with Crippen LogP contribution in [-0.2, 0) is 20.8 Å². The maximum absolute atomic E-state index is 10.8. The molecule has 1 aromatic rings. The first-order valence-electron chi connectivity index (χ1n) is 6.50. The van der Waals surface area contributed by atoms with Gasteiger partial charge >= 0.3 is 11.8 Å². The molecule has 116 valence electrons. The van der Waals surface area contributed by atoms with Gasteiger partial charge in [-0.05, 0) is 18.8 Å². The minimum Gasteiger partial charge on any atom is -0.481 e. The van der Waals surface area contributed by atoms with Crippen molar-refractivity contribution in [2.45, 2.75) is 51.2 Å². The number of aromatic nitrogens is 2. The summed E-state index contributed by atoms with van der Waals surface area (Å²) in [5, 5.41) is 23.3. The highest BCUT2D eigenvalue weighted by Gasteiger charge is 2.37. The van der Waals surface area contributed by atoms with E-state index in [9.17, 15) is 14.9 Å². The fraction of sp³-hybridized carbons (Fsp3) is 0.667. The van der Waals surface area contributed by atoms with Gasteiger partial charge in [-0.3, -0.25) is 4.79 Å². The Labute approximate surface area is 120 Å². The molecule has 1 N–H and O–H groups in total. The second-order valence-corrected chi connectivity index (χ2v) is 5.37. The predicted octanol–water partition coefficient (Wildman–Crippen LogP) is 1.18. The van der Waals surface area contributed by atoms with Gasteiger partial charge in [0.25, 0.3) is 0 Å². The predicted molar refractivity (Wildman–Crippen MR) is 69.6 cm³/mol. The van der Waals surface area contributed by atoms with Crippen molar-refractivity contribution in [2.75, 3.05) is 0 Å². The third-order valence-electron chi connectivity index (χ3n) is 3.03. The number of hydrogen-bond donors (Lipinski definition) is 1. The van der Waals surface area contributed by atoms with E-state index in [2.05, 4.69) is 5.10 Å². The summed E-state index contributed by atoms with van der Waals surface area (Å²) < 4.78 is 12.7. The third kappa shape index (κ3) is 4.23. The fourth-order valence-electron chi connectivity index (χ4n) is 2.41. The topological polar surface area (TPSA) is 117 Å². The van der Waals surface area contributed by atoms with E-state index < -0.39 is 22.8 Å². The molecule has 1 aliphatic rings. The lowest BCUT2D eigenvalue weighted by atomic mass is 10.1. The molecule has 0 aromatic carbocycles. The number of ether oxygens (including phenoxy) is 2. The molecule has 0 saturated carbocycles.